The third-order valence-electron chi connectivity index (χ3n) is 1.70. The highest BCUT2D eigenvalue weighted by Gasteiger charge is 2.31. The number of pyridine rings is 1. The summed E-state index contributed by atoms with van der Waals surface area (Å²) in [5.41, 5.74) is -0.366. The normalized spacial score (nSPS) is 11.9. The van der Waals surface area contributed by atoms with E-state index in [0.717, 1.165) is 12.3 Å². The van der Waals surface area contributed by atoms with Gasteiger partial charge in [0, 0.05) is 11.8 Å². The van der Waals surface area contributed by atoms with Crippen molar-refractivity contribution in [3.8, 4) is 5.88 Å². The van der Waals surface area contributed by atoms with Crippen LogP contribution in [0.25, 0.3) is 0 Å². The van der Waals surface area contributed by atoms with E-state index in [2.05, 4.69) is 4.98 Å². The highest BCUT2D eigenvalue weighted by atomic mass is 19.4. The largest absolute Gasteiger partial charge is 0.475 e. The van der Waals surface area contributed by atoms with Crippen molar-refractivity contribution in [2.24, 2.45) is 0 Å². The maximum Gasteiger partial charge on any atom is 0.417 e. The predicted octanol–water partition coefficient (Wildman–Crippen LogP) is 3.20. The molecule has 0 N–H and O–H groups in total. The zero-order chi connectivity index (χ0) is 11.6. The Labute approximate surface area is 86.1 Å². The summed E-state index contributed by atoms with van der Waals surface area (Å²) in [7, 11) is 0. The maximum absolute atomic E-state index is 12.3. The van der Waals surface area contributed by atoms with Crippen molar-refractivity contribution in [1.29, 1.82) is 0 Å². The van der Waals surface area contributed by atoms with Gasteiger partial charge in [0.25, 0.3) is 0 Å². The topological polar surface area (TPSA) is 22.1 Å². The molecule has 1 aromatic heterocycles. The number of alkyl halides is 3. The third kappa shape index (κ3) is 3.11. The van der Waals surface area contributed by atoms with Crippen molar-refractivity contribution in [3.05, 3.63) is 23.4 Å². The van der Waals surface area contributed by atoms with E-state index in [-0.39, 0.29) is 12.0 Å². The molecule has 0 amide bonds. The van der Waals surface area contributed by atoms with Gasteiger partial charge in [0.05, 0.1) is 11.7 Å². The second-order valence-corrected chi connectivity index (χ2v) is 3.51. The summed E-state index contributed by atoms with van der Waals surface area (Å²) in [5.74, 6) is 0.248. The second-order valence-electron chi connectivity index (χ2n) is 3.51. The van der Waals surface area contributed by atoms with E-state index in [1.807, 2.05) is 0 Å². The van der Waals surface area contributed by atoms with Gasteiger partial charge in [0.1, 0.15) is 0 Å². The molecule has 1 rings (SSSR count). The molecular formula is C10H12F3NO. The van der Waals surface area contributed by atoms with Gasteiger partial charge in [-0.1, -0.05) is 0 Å². The molecule has 15 heavy (non-hydrogen) atoms. The maximum atomic E-state index is 12.3. The molecule has 1 aromatic rings. The Hall–Kier alpha value is -1.26. The molecule has 84 valence electrons. The van der Waals surface area contributed by atoms with Crippen LogP contribution < -0.4 is 4.74 Å². The molecule has 2 nitrogen and oxygen atoms in total. The second kappa shape index (κ2) is 4.08. The number of halogens is 3. The zero-order valence-corrected chi connectivity index (χ0v) is 8.72. The lowest BCUT2D eigenvalue weighted by atomic mass is 10.2. The summed E-state index contributed by atoms with van der Waals surface area (Å²) >= 11 is 0. The van der Waals surface area contributed by atoms with E-state index in [1.165, 1.54) is 0 Å². The van der Waals surface area contributed by atoms with Crippen molar-refractivity contribution < 1.29 is 17.9 Å². The number of nitrogens with zero attached hydrogens (tertiary/aromatic N) is 1. The first-order chi connectivity index (χ1) is 6.80. The van der Waals surface area contributed by atoms with E-state index >= 15 is 0 Å². The van der Waals surface area contributed by atoms with Crippen molar-refractivity contribution in [1.82, 2.24) is 4.98 Å². The third-order valence-corrected chi connectivity index (χ3v) is 1.70. The molecule has 0 spiro atoms. The van der Waals surface area contributed by atoms with Gasteiger partial charge >= 0.3 is 6.18 Å². The molecule has 0 aliphatic carbocycles. The minimum absolute atomic E-state index is 0.104. The molecule has 0 aliphatic rings. The van der Waals surface area contributed by atoms with Crippen molar-refractivity contribution >= 4 is 0 Å². The SMILES string of the molecule is Cc1cc(C(F)(F)F)cnc1OC(C)C. The van der Waals surface area contributed by atoms with Crippen LogP contribution in [0.1, 0.15) is 25.0 Å². The van der Waals surface area contributed by atoms with E-state index in [4.69, 9.17) is 4.74 Å². The van der Waals surface area contributed by atoms with Crippen LogP contribution in [-0.4, -0.2) is 11.1 Å². The molecule has 0 fully saturated rings. The highest BCUT2D eigenvalue weighted by Crippen LogP contribution is 2.30. The van der Waals surface area contributed by atoms with Gasteiger partial charge in [-0.15, -0.1) is 0 Å². The van der Waals surface area contributed by atoms with Gasteiger partial charge in [0.15, 0.2) is 0 Å². The number of hydrogen-bond donors (Lipinski definition) is 0. The number of ether oxygens (including phenoxy) is 1. The smallest absolute Gasteiger partial charge is 0.417 e. The molecule has 0 aliphatic heterocycles. The quantitative estimate of drug-likeness (QED) is 0.762. The van der Waals surface area contributed by atoms with E-state index < -0.39 is 11.7 Å². The molecule has 0 saturated heterocycles. The molecule has 0 aromatic carbocycles. The Morgan fingerprint density at radius 1 is 1.33 bits per heavy atom. The number of rotatable bonds is 2. The Bertz CT molecular complexity index is 347. The number of hydrogen-bond acceptors (Lipinski definition) is 2. The predicted molar refractivity (Wildman–Crippen MR) is 49.7 cm³/mol. The molecule has 0 bridgehead atoms. The summed E-state index contributed by atoms with van der Waals surface area (Å²) in [6.07, 6.45) is -3.67. The van der Waals surface area contributed by atoms with Crippen LogP contribution in [0.3, 0.4) is 0 Å². The molecule has 5 heteroatoms. The van der Waals surface area contributed by atoms with Crippen LogP contribution in [0.5, 0.6) is 5.88 Å². The molecule has 0 radical (unpaired) electrons. The lowest BCUT2D eigenvalue weighted by molar-refractivity contribution is -0.137. The fraction of sp³-hybridized carbons (Fsp3) is 0.500. The van der Waals surface area contributed by atoms with Gasteiger partial charge in [-0.25, -0.2) is 4.98 Å². The molecule has 1 heterocycles. The van der Waals surface area contributed by atoms with Crippen molar-refractivity contribution in [2.45, 2.75) is 33.1 Å². The first-order valence-electron chi connectivity index (χ1n) is 4.51. The van der Waals surface area contributed by atoms with Gasteiger partial charge in [-0.2, -0.15) is 13.2 Å². The van der Waals surface area contributed by atoms with Gasteiger partial charge in [0.2, 0.25) is 5.88 Å². The summed E-state index contributed by atoms with van der Waals surface area (Å²) in [6.45, 7) is 5.12. The highest BCUT2D eigenvalue weighted by molar-refractivity contribution is 5.30. The Kier molecular flexibility index (Phi) is 3.21. The number of aryl methyl sites for hydroxylation is 1. The standard InChI is InChI=1S/C10H12F3NO/c1-6(2)15-9-7(3)4-8(5-14-9)10(11,12)13/h4-6H,1-3H3. The van der Waals surface area contributed by atoms with Crippen LogP contribution >= 0.6 is 0 Å². The van der Waals surface area contributed by atoms with E-state index in [0.29, 0.717) is 5.56 Å². The van der Waals surface area contributed by atoms with Crippen LogP contribution in [-0.2, 0) is 6.18 Å². The first-order valence-corrected chi connectivity index (χ1v) is 4.51. The van der Waals surface area contributed by atoms with Crippen LogP contribution in [0.4, 0.5) is 13.2 Å². The minimum atomic E-state index is -4.35. The van der Waals surface area contributed by atoms with Crippen LogP contribution in [0.2, 0.25) is 0 Å². The summed E-state index contributed by atoms with van der Waals surface area (Å²) in [5, 5.41) is 0. The summed E-state index contributed by atoms with van der Waals surface area (Å²) < 4.78 is 42.1. The Morgan fingerprint density at radius 3 is 2.33 bits per heavy atom. The minimum Gasteiger partial charge on any atom is -0.475 e. The lowest BCUT2D eigenvalue weighted by Crippen LogP contribution is -2.10. The van der Waals surface area contributed by atoms with Gasteiger partial charge < -0.3 is 4.74 Å². The summed E-state index contributed by atoms with van der Waals surface area (Å²) in [4.78, 5) is 3.64. The fourth-order valence-electron chi connectivity index (χ4n) is 1.06. The summed E-state index contributed by atoms with van der Waals surface area (Å²) in [6, 6.07) is 1.03. The van der Waals surface area contributed by atoms with Gasteiger partial charge in [-0.05, 0) is 26.8 Å². The molecule has 0 atom stereocenters. The Balaban J connectivity index is 2.98. The van der Waals surface area contributed by atoms with Gasteiger partial charge in [-0.3, -0.25) is 0 Å². The van der Waals surface area contributed by atoms with E-state index in [9.17, 15) is 13.2 Å². The Morgan fingerprint density at radius 2 is 1.93 bits per heavy atom. The zero-order valence-electron chi connectivity index (χ0n) is 8.72. The van der Waals surface area contributed by atoms with Crippen molar-refractivity contribution in [3.63, 3.8) is 0 Å². The van der Waals surface area contributed by atoms with E-state index in [1.54, 1.807) is 20.8 Å². The fourth-order valence-corrected chi connectivity index (χ4v) is 1.06. The lowest BCUT2D eigenvalue weighted by Gasteiger charge is -2.13. The molecule has 0 saturated carbocycles. The first kappa shape index (κ1) is 11.8. The number of aromatic nitrogens is 1. The average Bonchev–Trinajstić information content (AvgIpc) is 2.05. The average molecular weight is 219 g/mol. The molecular weight excluding hydrogens is 207 g/mol. The van der Waals surface area contributed by atoms with Crippen LogP contribution in [0, 0.1) is 6.92 Å². The van der Waals surface area contributed by atoms with Crippen LogP contribution in [0.15, 0.2) is 12.3 Å². The van der Waals surface area contributed by atoms with Crippen molar-refractivity contribution in [2.75, 3.05) is 0 Å². The monoisotopic (exact) mass is 219 g/mol. The molecule has 0 unspecified atom stereocenters.